The van der Waals surface area contributed by atoms with Crippen molar-refractivity contribution in [3.63, 3.8) is 0 Å². The molecule has 1 N–H and O–H groups in total. The molecule has 2 aliphatic carbocycles. The Morgan fingerprint density at radius 3 is 2.36 bits per heavy atom. The highest BCUT2D eigenvalue weighted by Crippen LogP contribution is 2.45. The summed E-state index contributed by atoms with van der Waals surface area (Å²) < 4.78 is 5.56. The first-order valence-electron chi connectivity index (χ1n) is 5.93. The van der Waals surface area contributed by atoms with E-state index in [0.717, 1.165) is 31.1 Å². The van der Waals surface area contributed by atoms with Gasteiger partial charge in [-0.2, -0.15) is 0 Å². The Hall–Kier alpha value is -0.0800. The average Bonchev–Trinajstić information content (AvgIpc) is 2.33. The van der Waals surface area contributed by atoms with Crippen molar-refractivity contribution in [2.24, 2.45) is 17.8 Å². The molecule has 0 radical (unpaired) electrons. The lowest BCUT2D eigenvalue weighted by Gasteiger charge is -2.22. The number of methoxy groups -OCH3 is 1. The monoisotopic (exact) mass is 198 g/mol. The zero-order chi connectivity index (χ0) is 10.1. The summed E-state index contributed by atoms with van der Waals surface area (Å²) in [7, 11) is 1.83. The zero-order valence-electron chi connectivity index (χ0n) is 9.28. The smallest absolute Gasteiger partial charge is 0.0604 e. The third-order valence-corrected chi connectivity index (χ3v) is 4.33. The van der Waals surface area contributed by atoms with Crippen molar-refractivity contribution >= 4 is 0 Å². The van der Waals surface area contributed by atoms with Crippen molar-refractivity contribution < 1.29 is 9.84 Å². The van der Waals surface area contributed by atoms with Gasteiger partial charge in [-0.3, -0.25) is 0 Å². The lowest BCUT2D eigenvalue weighted by Crippen LogP contribution is -2.20. The van der Waals surface area contributed by atoms with E-state index >= 15 is 0 Å². The van der Waals surface area contributed by atoms with Gasteiger partial charge in [0.15, 0.2) is 0 Å². The number of fused-ring (bicyclic) bond motifs is 1. The summed E-state index contributed by atoms with van der Waals surface area (Å²) in [6.07, 6.45) is 5.98. The summed E-state index contributed by atoms with van der Waals surface area (Å²) in [6, 6.07) is 0. The lowest BCUT2D eigenvalue weighted by molar-refractivity contribution is 0.0560. The summed E-state index contributed by atoms with van der Waals surface area (Å²) >= 11 is 0. The molecule has 0 aromatic heterocycles. The van der Waals surface area contributed by atoms with E-state index in [2.05, 4.69) is 6.92 Å². The molecular formula is C12H22O2. The van der Waals surface area contributed by atoms with Gasteiger partial charge in [0.25, 0.3) is 0 Å². The molecule has 0 aromatic rings. The van der Waals surface area contributed by atoms with Crippen LogP contribution in [0.1, 0.15) is 39.0 Å². The molecule has 2 nitrogen and oxygen atoms in total. The Balaban J connectivity index is 2.06. The number of hydrogen-bond donors (Lipinski definition) is 1. The molecular weight excluding hydrogens is 176 g/mol. The predicted octanol–water partition coefficient (Wildman–Crippen LogP) is 2.21. The van der Waals surface area contributed by atoms with Gasteiger partial charge in [-0.15, -0.1) is 0 Å². The first-order chi connectivity index (χ1) is 6.72. The second-order valence-corrected chi connectivity index (χ2v) is 5.12. The fourth-order valence-electron chi connectivity index (χ4n) is 3.50. The Labute approximate surface area is 86.6 Å². The largest absolute Gasteiger partial charge is 0.393 e. The molecule has 0 spiro atoms. The maximum absolute atomic E-state index is 9.65. The number of aliphatic hydroxyl groups excluding tert-OH is 1. The standard InChI is InChI=1S/C12H22O2/c1-8-7-12(14-2)11-6-4-9(13)3-5-10(8)11/h8-13H,3-7H2,1-2H3. The molecule has 0 amide bonds. The maximum atomic E-state index is 9.65. The SMILES string of the molecule is COC1CC(C)C2CCC(O)CCC12. The van der Waals surface area contributed by atoms with Crippen LogP contribution in [0.3, 0.4) is 0 Å². The molecule has 2 heteroatoms. The molecule has 5 unspecified atom stereocenters. The summed E-state index contributed by atoms with van der Waals surface area (Å²) in [6.45, 7) is 2.34. The summed E-state index contributed by atoms with van der Waals surface area (Å²) in [5.74, 6) is 2.31. The maximum Gasteiger partial charge on any atom is 0.0604 e. The highest BCUT2D eigenvalue weighted by atomic mass is 16.5. The van der Waals surface area contributed by atoms with E-state index in [9.17, 15) is 5.11 Å². The van der Waals surface area contributed by atoms with Crippen molar-refractivity contribution in [1.82, 2.24) is 0 Å². The van der Waals surface area contributed by atoms with Crippen molar-refractivity contribution in [3.8, 4) is 0 Å². The first kappa shape index (κ1) is 10.4. The molecule has 0 aliphatic heterocycles. The minimum absolute atomic E-state index is 0.0506. The highest BCUT2D eigenvalue weighted by Gasteiger charge is 2.42. The van der Waals surface area contributed by atoms with Crippen LogP contribution in [-0.4, -0.2) is 24.4 Å². The van der Waals surface area contributed by atoms with Crippen LogP contribution in [0.5, 0.6) is 0 Å². The van der Waals surface area contributed by atoms with Crippen LogP contribution in [0.25, 0.3) is 0 Å². The summed E-state index contributed by atoms with van der Waals surface area (Å²) in [4.78, 5) is 0. The molecule has 0 bridgehead atoms. The van der Waals surface area contributed by atoms with Crippen LogP contribution in [0, 0.1) is 17.8 Å². The molecule has 82 valence electrons. The molecule has 5 atom stereocenters. The molecule has 2 fully saturated rings. The lowest BCUT2D eigenvalue weighted by atomic mass is 9.86. The zero-order valence-corrected chi connectivity index (χ0v) is 9.28. The molecule has 2 aliphatic rings. The molecule has 2 rings (SSSR count). The second kappa shape index (κ2) is 4.19. The molecule has 2 saturated carbocycles. The second-order valence-electron chi connectivity index (χ2n) is 5.12. The minimum atomic E-state index is -0.0506. The van der Waals surface area contributed by atoms with Crippen molar-refractivity contribution in [3.05, 3.63) is 0 Å². The van der Waals surface area contributed by atoms with Gasteiger partial charge in [0, 0.05) is 7.11 Å². The van der Waals surface area contributed by atoms with E-state index in [4.69, 9.17) is 4.74 Å². The highest BCUT2D eigenvalue weighted by molar-refractivity contribution is 4.92. The number of ether oxygens (including phenoxy) is 1. The van der Waals surface area contributed by atoms with Crippen LogP contribution in [-0.2, 0) is 4.74 Å². The topological polar surface area (TPSA) is 29.5 Å². The number of hydrogen-bond acceptors (Lipinski definition) is 2. The normalized spacial score (nSPS) is 48.6. The fraction of sp³-hybridized carbons (Fsp3) is 1.00. The third kappa shape index (κ3) is 1.82. The Bertz CT molecular complexity index is 193. The van der Waals surface area contributed by atoms with Crippen LogP contribution < -0.4 is 0 Å². The third-order valence-electron chi connectivity index (χ3n) is 4.33. The van der Waals surface area contributed by atoms with E-state index in [0.29, 0.717) is 12.0 Å². The van der Waals surface area contributed by atoms with E-state index in [1.807, 2.05) is 7.11 Å². The van der Waals surface area contributed by atoms with Crippen LogP contribution in [0.15, 0.2) is 0 Å². The summed E-state index contributed by atoms with van der Waals surface area (Å²) in [5, 5.41) is 9.65. The van der Waals surface area contributed by atoms with Crippen molar-refractivity contribution in [2.45, 2.75) is 51.2 Å². The van der Waals surface area contributed by atoms with Crippen LogP contribution in [0.4, 0.5) is 0 Å². The van der Waals surface area contributed by atoms with E-state index < -0.39 is 0 Å². The minimum Gasteiger partial charge on any atom is -0.393 e. The Morgan fingerprint density at radius 1 is 1.07 bits per heavy atom. The quantitative estimate of drug-likeness (QED) is 0.700. The first-order valence-corrected chi connectivity index (χ1v) is 5.93. The molecule has 14 heavy (non-hydrogen) atoms. The predicted molar refractivity (Wildman–Crippen MR) is 56.0 cm³/mol. The van der Waals surface area contributed by atoms with Crippen LogP contribution >= 0.6 is 0 Å². The van der Waals surface area contributed by atoms with Gasteiger partial charge in [-0.25, -0.2) is 0 Å². The van der Waals surface area contributed by atoms with Gasteiger partial charge in [0.1, 0.15) is 0 Å². The van der Waals surface area contributed by atoms with E-state index in [-0.39, 0.29) is 6.10 Å². The molecule has 0 saturated heterocycles. The molecule has 0 heterocycles. The van der Waals surface area contributed by atoms with Gasteiger partial charge in [-0.1, -0.05) is 6.92 Å². The van der Waals surface area contributed by atoms with E-state index in [1.165, 1.54) is 12.8 Å². The van der Waals surface area contributed by atoms with Gasteiger partial charge in [0.05, 0.1) is 12.2 Å². The van der Waals surface area contributed by atoms with Gasteiger partial charge < -0.3 is 9.84 Å². The molecule has 0 aromatic carbocycles. The average molecular weight is 198 g/mol. The van der Waals surface area contributed by atoms with Gasteiger partial charge in [-0.05, 0) is 49.9 Å². The summed E-state index contributed by atoms with van der Waals surface area (Å²) in [5.41, 5.74) is 0. The Kier molecular flexibility index (Phi) is 3.13. The Morgan fingerprint density at radius 2 is 1.71 bits per heavy atom. The van der Waals surface area contributed by atoms with Crippen molar-refractivity contribution in [2.75, 3.05) is 7.11 Å². The van der Waals surface area contributed by atoms with Crippen molar-refractivity contribution in [1.29, 1.82) is 0 Å². The number of aliphatic hydroxyl groups is 1. The number of rotatable bonds is 1. The van der Waals surface area contributed by atoms with Gasteiger partial charge in [0.2, 0.25) is 0 Å². The van der Waals surface area contributed by atoms with Gasteiger partial charge >= 0.3 is 0 Å². The van der Waals surface area contributed by atoms with E-state index in [1.54, 1.807) is 0 Å². The van der Waals surface area contributed by atoms with Crippen LogP contribution in [0.2, 0.25) is 0 Å². The fourth-order valence-corrected chi connectivity index (χ4v) is 3.50.